The molecular formula is C22H29F3N2O2S. The molecule has 1 aromatic carbocycles. The van der Waals surface area contributed by atoms with Crippen molar-refractivity contribution in [3.05, 3.63) is 35.5 Å². The third-order valence-electron chi connectivity index (χ3n) is 6.04. The lowest BCUT2D eigenvalue weighted by Crippen LogP contribution is -2.44. The van der Waals surface area contributed by atoms with E-state index in [-0.39, 0.29) is 11.0 Å². The zero-order valence-corrected chi connectivity index (χ0v) is 18.4. The second-order valence-electron chi connectivity index (χ2n) is 10.0. The highest BCUT2D eigenvalue weighted by molar-refractivity contribution is 7.90. The van der Waals surface area contributed by atoms with Crippen LogP contribution >= 0.6 is 0 Å². The molecule has 0 spiro atoms. The molecule has 0 radical (unpaired) electrons. The van der Waals surface area contributed by atoms with Gasteiger partial charge in [-0.05, 0) is 48.6 Å². The van der Waals surface area contributed by atoms with Crippen LogP contribution in [0.2, 0.25) is 0 Å². The standard InChI is InChI=1S/C22H29F3N2O2S/c1-21(2,3)13-27-12-18(17-10-9-15(11-19(17)27)14-7-8-14)20(22(23,24)25)26-30(28,29)16-5-4-6-16/h9-12,14,16,20,26H,4-8,13H2,1-3H3/t20-/m0/s1. The maximum atomic E-state index is 14.1. The Morgan fingerprint density at radius 2 is 1.80 bits per heavy atom. The predicted molar refractivity (Wildman–Crippen MR) is 112 cm³/mol. The molecule has 1 atom stereocenters. The monoisotopic (exact) mass is 442 g/mol. The summed E-state index contributed by atoms with van der Waals surface area (Å²) in [5.74, 6) is 0.478. The summed E-state index contributed by atoms with van der Waals surface area (Å²) in [5, 5.41) is -0.269. The second kappa shape index (κ2) is 7.26. The van der Waals surface area contributed by atoms with E-state index in [0.717, 1.165) is 30.3 Å². The number of halogens is 3. The van der Waals surface area contributed by atoms with Crippen LogP contribution in [-0.2, 0) is 16.6 Å². The smallest absolute Gasteiger partial charge is 0.347 e. The fourth-order valence-corrected chi connectivity index (χ4v) is 5.86. The largest absolute Gasteiger partial charge is 0.408 e. The summed E-state index contributed by atoms with van der Waals surface area (Å²) in [4.78, 5) is 0. The van der Waals surface area contributed by atoms with Crippen LogP contribution in [0.5, 0.6) is 0 Å². The van der Waals surface area contributed by atoms with E-state index in [1.165, 1.54) is 6.20 Å². The quantitative estimate of drug-likeness (QED) is 0.629. The molecule has 1 N–H and O–H groups in total. The number of benzene rings is 1. The summed E-state index contributed by atoms with van der Waals surface area (Å²) < 4.78 is 71.2. The summed E-state index contributed by atoms with van der Waals surface area (Å²) >= 11 is 0. The summed E-state index contributed by atoms with van der Waals surface area (Å²) in [6.45, 7) is 6.63. The lowest BCUT2D eigenvalue weighted by Gasteiger charge is -2.29. The molecule has 4 rings (SSSR count). The van der Waals surface area contributed by atoms with Crippen LogP contribution in [0.3, 0.4) is 0 Å². The van der Waals surface area contributed by atoms with Gasteiger partial charge in [0, 0.05) is 29.2 Å². The third-order valence-corrected chi connectivity index (χ3v) is 7.96. The average Bonchev–Trinajstić information content (AvgIpc) is 3.33. The van der Waals surface area contributed by atoms with Crippen LogP contribution in [0.15, 0.2) is 24.4 Å². The van der Waals surface area contributed by atoms with E-state index in [1.807, 2.05) is 42.2 Å². The van der Waals surface area contributed by atoms with Crippen molar-refractivity contribution in [1.82, 2.24) is 9.29 Å². The van der Waals surface area contributed by atoms with Gasteiger partial charge in [0.1, 0.15) is 6.04 Å². The highest BCUT2D eigenvalue weighted by Gasteiger charge is 2.46. The Kier molecular flexibility index (Phi) is 5.25. The number of hydrogen-bond acceptors (Lipinski definition) is 2. The predicted octanol–water partition coefficient (Wildman–Crippen LogP) is 5.64. The highest BCUT2D eigenvalue weighted by atomic mass is 32.2. The zero-order chi connectivity index (χ0) is 21.9. The molecule has 166 valence electrons. The maximum Gasteiger partial charge on any atom is 0.408 e. The number of nitrogens with zero attached hydrogens (tertiary/aromatic N) is 1. The van der Waals surface area contributed by atoms with Crippen LogP contribution in [-0.4, -0.2) is 24.4 Å². The minimum Gasteiger partial charge on any atom is -0.347 e. The first-order valence-electron chi connectivity index (χ1n) is 10.6. The Labute approximate surface area is 175 Å². The van der Waals surface area contributed by atoms with Crippen LogP contribution < -0.4 is 4.72 Å². The van der Waals surface area contributed by atoms with Crippen molar-refractivity contribution in [3.8, 4) is 0 Å². The number of nitrogens with one attached hydrogen (secondary N) is 1. The molecule has 2 saturated carbocycles. The molecular weight excluding hydrogens is 413 g/mol. The van der Waals surface area contributed by atoms with Crippen molar-refractivity contribution >= 4 is 20.9 Å². The SMILES string of the molecule is CC(C)(C)Cn1cc([C@H](NS(=O)(=O)C2CCC2)C(F)(F)F)c2ccc(C3CC3)cc21. The molecule has 1 aromatic heterocycles. The number of hydrogen-bond donors (Lipinski definition) is 1. The van der Waals surface area contributed by atoms with E-state index in [9.17, 15) is 21.6 Å². The average molecular weight is 443 g/mol. The Bertz CT molecular complexity index is 1040. The summed E-state index contributed by atoms with van der Waals surface area (Å²) in [6.07, 6.45) is 0.528. The van der Waals surface area contributed by atoms with Crippen molar-refractivity contribution in [2.75, 3.05) is 0 Å². The van der Waals surface area contributed by atoms with Crippen molar-refractivity contribution < 1.29 is 21.6 Å². The van der Waals surface area contributed by atoms with Gasteiger partial charge < -0.3 is 4.57 Å². The maximum absolute atomic E-state index is 14.1. The second-order valence-corrected chi connectivity index (χ2v) is 12.0. The van der Waals surface area contributed by atoms with Crippen molar-refractivity contribution in [3.63, 3.8) is 0 Å². The van der Waals surface area contributed by atoms with Gasteiger partial charge in [-0.15, -0.1) is 0 Å². The molecule has 30 heavy (non-hydrogen) atoms. The topological polar surface area (TPSA) is 51.1 Å². The van der Waals surface area contributed by atoms with Gasteiger partial charge in [0.05, 0.1) is 5.25 Å². The summed E-state index contributed by atoms with van der Waals surface area (Å²) in [6, 6.07) is 3.35. The molecule has 4 nitrogen and oxygen atoms in total. The van der Waals surface area contributed by atoms with E-state index in [2.05, 4.69) is 0 Å². The Hall–Kier alpha value is -1.54. The van der Waals surface area contributed by atoms with Gasteiger partial charge in [0.25, 0.3) is 0 Å². The van der Waals surface area contributed by atoms with E-state index in [0.29, 0.717) is 30.7 Å². The van der Waals surface area contributed by atoms with Gasteiger partial charge in [0.15, 0.2) is 0 Å². The Balaban J connectivity index is 1.81. The van der Waals surface area contributed by atoms with Gasteiger partial charge in [-0.25, -0.2) is 8.42 Å². The van der Waals surface area contributed by atoms with Crippen molar-refractivity contribution in [2.24, 2.45) is 5.41 Å². The van der Waals surface area contributed by atoms with Crippen LogP contribution in [0.4, 0.5) is 13.2 Å². The number of alkyl halides is 3. The molecule has 0 amide bonds. The Morgan fingerprint density at radius 1 is 1.13 bits per heavy atom. The molecule has 2 aliphatic carbocycles. The lowest BCUT2D eigenvalue weighted by molar-refractivity contribution is -0.152. The van der Waals surface area contributed by atoms with E-state index < -0.39 is 27.5 Å². The molecule has 0 saturated heterocycles. The van der Waals surface area contributed by atoms with E-state index in [4.69, 9.17) is 0 Å². The Morgan fingerprint density at radius 3 is 2.30 bits per heavy atom. The molecule has 2 aromatic rings. The van der Waals surface area contributed by atoms with Gasteiger partial charge in [-0.1, -0.05) is 39.3 Å². The first-order chi connectivity index (χ1) is 13.9. The van der Waals surface area contributed by atoms with Crippen LogP contribution in [0.1, 0.15) is 76.0 Å². The fraction of sp³-hybridized carbons (Fsp3) is 0.636. The molecule has 1 heterocycles. The number of rotatable bonds is 6. The normalized spacial score (nSPS) is 19.8. The van der Waals surface area contributed by atoms with E-state index in [1.54, 1.807) is 6.07 Å². The van der Waals surface area contributed by atoms with Gasteiger partial charge in [0.2, 0.25) is 10.0 Å². The molecule has 8 heteroatoms. The lowest BCUT2D eigenvalue weighted by atomic mass is 9.97. The number of sulfonamides is 1. The minimum absolute atomic E-state index is 0.0213. The third kappa shape index (κ3) is 4.40. The molecule has 2 fully saturated rings. The van der Waals surface area contributed by atoms with Gasteiger partial charge >= 0.3 is 6.18 Å². The molecule has 0 bridgehead atoms. The molecule has 0 unspecified atom stereocenters. The number of aromatic nitrogens is 1. The first kappa shape index (κ1) is 21.7. The van der Waals surface area contributed by atoms with Crippen LogP contribution in [0.25, 0.3) is 10.9 Å². The fourth-order valence-electron chi connectivity index (χ4n) is 4.13. The van der Waals surface area contributed by atoms with Crippen molar-refractivity contribution in [2.45, 2.75) is 82.8 Å². The zero-order valence-electron chi connectivity index (χ0n) is 17.6. The van der Waals surface area contributed by atoms with Gasteiger partial charge in [-0.2, -0.15) is 17.9 Å². The van der Waals surface area contributed by atoms with Gasteiger partial charge in [-0.3, -0.25) is 0 Å². The van der Waals surface area contributed by atoms with E-state index >= 15 is 0 Å². The summed E-state index contributed by atoms with van der Waals surface area (Å²) in [7, 11) is -4.04. The van der Waals surface area contributed by atoms with Crippen LogP contribution in [0, 0.1) is 5.41 Å². The highest BCUT2D eigenvalue weighted by Crippen LogP contribution is 2.44. The molecule has 0 aliphatic heterocycles. The minimum atomic E-state index is -4.73. The summed E-state index contributed by atoms with van der Waals surface area (Å²) in [5.41, 5.74) is 1.71. The first-order valence-corrected chi connectivity index (χ1v) is 12.1. The molecule has 2 aliphatic rings. The number of fused-ring (bicyclic) bond motifs is 1. The van der Waals surface area contributed by atoms with Crippen molar-refractivity contribution in [1.29, 1.82) is 0 Å².